The van der Waals surface area contributed by atoms with Gasteiger partial charge in [0.15, 0.2) is 0 Å². The Labute approximate surface area is 105 Å². The maximum atomic E-state index is 11.3. The molecule has 0 aliphatic heterocycles. The van der Waals surface area contributed by atoms with Crippen LogP contribution in [0.3, 0.4) is 0 Å². The maximum absolute atomic E-state index is 11.3. The van der Waals surface area contributed by atoms with Crippen LogP contribution in [-0.4, -0.2) is 15.9 Å². The number of nitrogens with two attached hydrogens (primary N) is 1. The zero-order chi connectivity index (χ0) is 13.0. The molecule has 3 N–H and O–H groups in total. The minimum atomic E-state index is -0.493. The molecule has 2 aromatic heterocycles. The van der Waals surface area contributed by atoms with Crippen LogP contribution in [0, 0.1) is 0 Å². The lowest BCUT2D eigenvalue weighted by atomic mass is 10.1. The average Bonchev–Trinajstić information content (AvgIpc) is 2.40. The molecule has 0 bridgehead atoms. The molecule has 0 saturated carbocycles. The van der Waals surface area contributed by atoms with E-state index in [1.165, 1.54) is 0 Å². The number of amides is 1. The van der Waals surface area contributed by atoms with Crippen LogP contribution in [0.2, 0.25) is 0 Å². The summed E-state index contributed by atoms with van der Waals surface area (Å²) < 4.78 is 0. The molecule has 0 aliphatic carbocycles. The van der Waals surface area contributed by atoms with Crippen molar-refractivity contribution in [3.8, 4) is 0 Å². The molecule has 1 amide bonds. The van der Waals surface area contributed by atoms with Crippen molar-refractivity contribution in [2.45, 2.75) is 13.0 Å². The molecule has 0 fully saturated rings. The predicted molar refractivity (Wildman–Crippen MR) is 69.0 cm³/mol. The van der Waals surface area contributed by atoms with Crippen LogP contribution in [0.4, 0.5) is 5.82 Å². The average molecular weight is 242 g/mol. The number of nitrogens with one attached hydrogen (secondary N) is 1. The summed E-state index contributed by atoms with van der Waals surface area (Å²) in [4.78, 5) is 19.4. The molecule has 92 valence electrons. The Morgan fingerprint density at radius 3 is 2.67 bits per heavy atom. The normalized spacial score (nSPS) is 11.8. The summed E-state index contributed by atoms with van der Waals surface area (Å²) in [6, 6.07) is 7.16. The first-order chi connectivity index (χ1) is 8.68. The minimum absolute atomic E-state index is 0.0148. The number of pyridine rings is 2. The molecule has 0 radical (unpaired) electrons. The van der Waals surface area contributed by atoms with Crippen molar-refractivity contribution < 1.29 is 4.79 Å². The van der Waals surface area contributed by atoms with E-state index >= 15 is 0 Å². The number of rotatable bonds is 4. The van der Waals surface area contributed by atoms with Crippen LogP contribution in [0.1, 0.15) is 28.9 Å². The lowest BCUT2D eigenvalue weighted by molar-refractivity contribution is 0.100. The molecule has 2 aromatic rings. The third-order valence-electron chi connectivity index (χ3n) is 2.63. The van der Waals surface area contributed by atoms with Gasteiger partial charge in [0, 0.05) is 18.6 Å². The molecule has 2 rings (SSSR count). The molecule has 0 aliphatic rings. The van der Waals surface area contributed by atoms with E-state index in [4.69, 9.17) is 5.73 Å². The van der Waals surface area contributed by atoms with Crippen molar-refractivity contribution >= 4 is 11.7 Å². The number of hydrogen-bond donors (Lipinski definition) is 2. The number of carbonyl (C=O) groups excluding carboxylic acids is 1. The summed E-state index contributed by atoms with van der Waals surface area (Å²) in [6.07, 6.45) is 5.07. The summed E-state index contributed by atoms with van der Waals surface area (Å²) in [6.45, 7) is 1.98. The highest BCUT2D eigenvalue weighted by molar-refractivity contribution is 5.97. The zero-order valence-electron chi connectivity index (χ0n) is 10.00. The monoisotopic (exact) mass is 242 g/mol. The smallest absolute Gasteiger partial charge is 0.252 e. The summed E-state index contributed by atoms with van der Waals surface area (Å²) in [5.41, 5.74) is 6.75. The second-order valence-corrected chi connectivity index (χ2v) is 3.91. The quantitative estimate of drug-likeness (QED) is 0.855. The third kappa shape index (κ3) is 2.63. The van der Waals surface area contributed by atoms with E-state index in [2.05, 4.69) is 15.3 Å². The molecular formula is C13H14N4O. The predicted octanol–water partition coefficient (Wildman–Crippen LogP) is 1.75. The summed E-state index contributed by atoms with van der Waals surface area (Å²) in [7, 11) is 0. The van der Waals surface area contributed by atoms with E-state index in [1.807, 2.05) is 19.1 Å². The summed E-state index contributed by atoms with van der Waals surface area (Å²) in [5, 5.41) is 3.17. The van der Waals surface area contributed by atoms with Crippen molar-refractivity contribution in [3.05, 3.63) is 54.0 Å². The molecule has 5 heteroatoms. The SMILES string of the molecule is CC(Nc1ncccc1C(N)=O)c1ccncc1. The third-order valence-corrected chi connectivity index (χ3v) is 2.63. The molecule has 0 saturated heterocycles. The fourth-order valence-corrected chi connectivity index (χ4v) is 1.66. The Balaban J connectivity index is 2.22. The molecule has 0 spiro atoms. The fraction of sp³-hybridized carbons (Fsp3) is 0.154. The van der Waals surface area contributed by atoms with Gasteiger partial charge >= 0.3 is 0 Å². The Bertz CT molecular complexity index is 542. The fourth-order valence-electron chi connectivity index (χ4n) is 1.66. The van der Waals surface area contributed by atoms with Gasteiger partial charge in [-0.3, -0.25) is 9.78 Å². The number of carbonyl (C=O) groups is 1. The van der Waals surface area contributed by atoms with E-state index in [-0.39, 0.29) is 6.04 Å². The van der Waals surface area contributed by atoms with Crippen LogP contribution in [0.25, 0.3) is 0 Å². The Hall–Kier alpha value is -2.43. The van der Waals surface area contributed by atoms with Crippen LogP contribution in [0.15, 0.2) is 42.9 Å². The maximum Gasteiger partial charge on any atom is 0.252 e. The molecule has 1 atom stereocenters. The molecule has 18 heavy (non-hydrogen) atoms. The lowest BCUT2D eigenvalue weighted by Gasteiger charge is -2.16. The van der Waals surface area contributed by atoms with Gasteiger partial charge in [-0.2, -0.15) is 0 Å². The number of anilines is 1. The van der Waals surface area contributed by atoms with Gasteiger partial charge in [-0.1, -0.05) is 0 Å². The second-order valence-electron chi connectivity index (χ2n) is 3.91. The molecule has 2 heterocycles. The highest BCUT2D eigenvalue weighted by Crippen LogP contribution is 2.19. The van der Waals surface area contributed by atoms with Gasteiger partial charge in [0.25, 0.3) is 5.91 Å². The highest BCUT2D eigenvalue weighted by Gasteiger charge is 2.12. The van der Waals surface area contributed by atoms with E-state index in [9.17, 15) is 4.79 Å². The van der Waals surface area contributed by atoms with Crippen molar-refractivity contribution in [2.24, 2.45) is 5.73 Å². The topological polar surface area (TPSA) is 80.9 Å². The molecule has 5 nitrogen and oxygen atoms in total. The van der Waals surface area contributed by atoms with Gasteiger partial charge in [0.2, 0.25) is 0 Å². The highest BCUT2D eigenvalue weighted by atomic mass is 16.1. The van der Waals surface area contributed by atoms with Crippen molar-refractivity contribution in [3.63, 3.8) is 0 Å². The van der Waals surface area contributed by atoms with Crippen LogP contribution in [0.5, 0.6) is 0 Å². The standard InChI is InChI=1S/C13H14N4O/c1-9(10-4-7-15-8-5-10)17-13-11(12(14)18)3-2-6-16-13/h2-9H,1H3,(H2,14,18)(H,16,17). The summed E-state index contributed by atoms with van der Waals surface area (Å²) in [5.74, 6) is 0.00170. The second kappa shape index (κ2) is 5.27. The first-order valence-corrected chi connectivity index (χ1v) is 5.60. The number of primary amides is 1. The van der Waals surface area contributed by atoms with Crippen LogP contribution in [-0.2, 0) is 0 Å². The lowest BCUT2D eigenvalue weighted by Crippen LogP contribution is -2.17. The first-order valence-electron chi connectivity index (χ1n) is 5.60. The Morgan fingerprint density at radius 2 is 2.00 bits per heavy atom. The van der Waals surface area contributed by atoms with Crippen molar-refractivity contribution in [1.29, 1.82) is 0 Å². The van der Waals surface area contributed by atoms with E-state index in [0.717, 1.165) is 5.56 Å². The summed E-state index contributed by atoms with van der Waals surface area (Å²) >= 11 is 0. The van der Waals surface area contributed by atoms with Crippen molar-refractivity contribution in [1.82, 2.24) is 9.97 Å². The van der Waals surface area contributed by atoms with Crippen molar-refractivity contribution in [2.75, 3.05) is 5.32 Å². The minimum Gasteiger partial charge on any atom is -0.365 e. The van der Waals surface area contributed by atoms with Gasteiger partial charge in [0.1, 0.15) is 5.82 Å². The van der Waals surface area contributed by atoms with E-state index in [0.29, 0.717) is 11.4 Å². The van der Waals surface area contributed by atoms with Gasteiger partial charge in [-0.25, -0.2) is 4.98 Å². The van der Waals surface area contributed by atoms with Gasteiger partial charge < -0.3 is 11.1 Å². The molecule has 0 aromatic carbocycles. The van der Waals surface area contributed by atoms with E-state index in [1.54, 1.807) is 30.7 Å². The van der Waals surface area contributed by atoms with E-state index < -0.39 is 5.91 Å². The Morgan fingerprint density at radius 1 is 1.28 bits per heavy atom. The Kier molecular flexibility index (Phi) is 3.52. The molecule has 1 unspecified atom stereocenters. The van der Waals surface area contributed by atoms with Gasteiger partial charge in [0.05, 0.1) is 11.6 Å². The number of aromatic nitrogens is 2. The molecular weight excluding hydrogens is 228 g/mol. The zero-order valence-corrected chi connectivity index (χ0v) is 10.00. The number of hydrogen-bond acceptors (Lipinski definition) is 4. The van der Waals surface area contributed by atoms with Gasteiger partial charge in [-0.05, 0) is 36.8 Å². The first kappa shape index (κ1) is 12.0. The van der Waals surface area contributed by atoms with Crippen LogP contribution < -0.4 is 11.1 Å². The largest absolute Gasteiger partial charge is 0.365 e. The van der Waals surface area contributed by atoms with Crippen LogP contribution >= 0.6 is 0 Å². The van der Waals surface area contributed by atoms with Gasteiger partial charge in [-0.15, -0.1) is 0 Å². The number of nitrogens with zero attached hydrogens (tertiary/aromatic N) is 2.